The number of rotatable bonds is 17. The van der Waals surface area contributed by atoms with Crippen LogP contribution in [0.25, 0.3) is 6.08 Å². The zero-order valence-corrected chi connectivity index (χ0v) is 22.3. The standard InChI is InChI=1S/C27H44O6Si/c1-4-31-34(32-5-2,33-6-3)22-8-7-9-23-10-12-25(13-11-23)20-21-30-26-17-14-24(15-18-26)16-19-27(28)29/h14-19,23,25H,4-13,20-22H2,1-3H3,(H,28,29)/b19-16+. The van der Waals surface area contributed by atoms with Crippen molar-refractivity contribution >= 4 is 20.8 Å². The molecule has 0 amide bonds. The van der Waals surface area contributed by atoms with Gasteiger partial charge in [-0.3, -0.25) is 0 Å². The molecule has 192 valence electrons. The fourth-order valence-electron chi connectivity index (χ4n) is 4.77. The first-order chi connectivity index (χ1) is 16.5. The van der Waals surface area contributed by atoms with Crippen molar-refractivity contribution in [1.82, 2.24) is 0 Å². The highest BCUT2D eigenvalue weighted by molar-refractivity contribution is 6.60. The fourth-order valence-corrected chi connectivity index (χ4v) is 7.46. The van der Waals surface area contributed by atoms with Crippen LogP contribution in [0.1, 0.15) is 77.7 Å². The van der Waals surface area contributed by atoms with E-state index in [1.807, 2.05) is 45.0 Å². The van der Waals surface area contributed by atoms with Gasteiger partial charge < -0.3 is 23.1 Å². The minimum Gasteiger partial charge on any atom is -0.494 e. The summed E-state index contributed by atoms with van der Waals surface area (Å²) in [5.74, 6) is 1.49. The van der Waals surface area contributed by atoms with Crippen molar-refractivity contribution in [2.75, 3.05) is 26.4 Å². The van der Waals surface area contributed by atoms with Gasteiger partial charge in [-0.1, -0.05) is 50.7 Å². The quantitative estimate of drug-likeness (QED) is 0.150. The second kappa shape index (κ2) is 16.1. The molecule has 7 heteroatoms. The Kier molecular flexibility index (Phi) is 13.5. The summed E-state index contributed by atoms with van der Waals surface area (Å²) in [4.78, 5) is 10.6. The molecule has 6 nitrogen and oxygen atoms in total. The first-order valence-electron chi connectivity index (χ1n) is 13.1. The molecule has 0 aliphatic heterocycles. The first-order valence-corrected chi connectivity index (χ1v) is 15.0. The molecule has 0 aromatic heterocycles. The molecule has 1 aliphatic carbocycles. The van der Waals surface area contributed by atoms with Crippen molar-refractivity contribution in [1.29, 1.82) is 0 Å². The lowest BCUT2D eigenvalue weighted by Crippen LogP contribution is -2.45. The van der Waals surface area contributed by atoms with E-state index in [2.05, 4.69) is 0 Å². The van der Waals surface area contributed by atoms with E-state index in [-0.39, 0.29) is 0 Å². The highest BCUT2D eigenvalue weighted by Crippen LogP contribution is 2.34. The predicted octanol–water partition coefficient (Wildman–Crippen LogP) is 6.58. The van der Waals surface area contributed by atoms with E-state index in [9.17, 15) is 4.79 Å². The smallest absolute Gasteiger partial charge is 0.494 e. The molecule has 2 rings (SSSR count). The molecule has 0 unspecified atom stereocenters. The van der Waals surface area contributed by atoms with Crippen molar-refractivity contribution in [3.8, 4) is 5.75 Å². The van der Waals surface area contributed by atoms with Gasteiger partial charge in [0.25, 0.3) is 0 Å². The van der Waals surface area contributed by atoms with Gasteiger partial charge in [0, 0.05) is 31.9 Å². The van der Waals surface area contributed by atoms with Gasteiger partial charge >= 0.3 is 14.8 Å². The van der Waals surface area contributed by atoms with Crippen molar-refractivity contribution in [2.45, 2.75) is 78.2 Å². The molecule has 1 aromatic rings. The highest BCUT2D eigenvalue weighted by Gasteiger charge is 2.39. The molecule has 1 fully saturated rings. The normalized spacial score (nSPS) is 18.9. The average molecular weight is 493 g/mol. The minimum absolute atomic E-state index is 0.648. The van der Waals surface area contributed by atoms with Crippen LogP contribution in [0.4, 0.5) is 0 Å². The maximum atomic E-state index is 10.6. The summed E-state index contributed by atoms with van der Waals surface area (Å²) >= 11 is 0. The van der Waals surface area contributed by atoms with Crippen LogP contribution in [0.5, 0.6) is 5.75 Å². The van der Waals surface area contributed by atoms with Gasteiger partial charge in [-0.2, -0.15) is 0 Å². The van der Waals surface area contributed by atoms with Crippen molar-refractivity contribution in [3.63, 3.8) is 0 Å². The van der Waals surface area contributed by atoms with E-state index < -0.39 is 14.8 Å². The average Bonchev–Trinajstić information content (AvgIpc) is 2.83. The second-order valence-electron chi connectivity index (χ2n) is 8.99. The number of unbranched alkanes of at least 4 members (excludes halogenated alkanes) is 1. The fraction of sp³-hybridized carbons (Fsp3) is 0.667. The Balaban J connectivity index is 1.61. The zero-order chi connectivity index (χ0) is 24.7. The molecule has 0 bridgehead atoms. The third-order valence-corrected chi connectivity index (χ3v) is 9.65. The Bertz CT molecular complexity index is 695. The summed E-state index contributed by atoms with van der Waals surface area (Å²) in [5.41, 5.74) is 0.856. The number of carbonyl (C=O) groups is 1. The maximum absolute atomic E-state index is 10.6. The van der Waals surface area contributed by atoms with E-state index >= 15 is 0 Å². The Morgan fingerprint density at radius 2 is 1.47 bits per heavy atom. The minimum atomic E-state index is -2.49. The van der Waals surface area contributed by atoms with Gasteiger partial charge in [-0.05, 0) is 69.2 Å². The van der Waals surface area contributed by atoms with Crippen molar-refractivity contribution in [2.24, 2.45) is 11.8 Å². The number of aliphatic carboxylic acids is 1. The van der Waals surface area contributed by atoms with Gasteiger partial charge in [0.05, 0.1) is 6.61 Å². The van der Waals surface area contributed by atoms with Crippen LogP contribution in [-0.2, 0) is 18.1 Å². The summed E-state index contributed by atoms with van der Waals surface area (Å²) in [7, 11) is -2.49. The van der Waals surface area contributed by atoms with Gasteiger partial charge in [0.15, 0.2) is 0 Å². The monoisotopic (exact) mass is 492 g/mol. The molecule has 1 aliphatic rings. The number of ether oxygens (including phenoxy) is 1. The summed E-state index contributed by atoms with van der Waals surface area (Å²) in [6.07, 6.45) is 12.7. The molecule has 1 N–H and O–H groups in total. The topological polar surface area (TPSA) is 74.2 Å². The molecule has 0 saturated heterocycles. The molecular weight excluding hydrogens is 448 g/mol. The number of carboxylic acids is 1. The van der Waals surface area contributed by atoms with Crippen LogP contribution in [0.15, 0.2) is 30.3 Å². The van der Waals surface area contributed by atoms with Gasteiger partial charge in [0.1, 0.15) is 5.75 Å². The number of hydrogen-bond donors (Lipinski definition) is 1. The van der Waals surface area contributed by atoms with E-state index in [1.165, 1.54) is 38.5 Å². The Labute approximate surface area is 207 Å². The molecule has 1 aromatic carbocycles. The molecule has 1 saturated carbocycles. The summed E-state index contributed by atoms with van der Waals surface area (Å²) in [5, 5.41) is 8.70. The second-order valence-corrected chi connectivity index (χ2v) is 11.7. The van der Waals surface area contributed by atoms with Crippen LogP contribution in [-0.4, -0.2) is 46.3 Å². The van der Waals surface area contributed by atoms with Gasteiger partial charge in [-0.25, -0.2) is 4.79 Å². The zero-order valence-electron chi connectivity index (χ0n) is 21.3. The van der Waals surface area contributed by atoms with Crippen LogP contribution < -0.4 is 4.74 Å². The Morgan fingerprint density at radius 3 is 2.00 bits per heavy atom. The third-order valence-electron chi connectivity index (χ3n) is 6.50. The third kappa shape index (κ3) is 10.7. The SMILES string of the molecule is CCO[Si](CCCCC1CCC(CCOc2ccc(/C=C/C(=O)O)cc2)CC1)(OCC)OCC. The molecule has 0 heterocycles. The largest absolute Gasteiger partial charge is 0.500 e. The maximum Gasteiger partial charge on any atom is 0.500 e. The van der Waals surface area contributed by atoms with Crippen LogP contribution in [0.2, 0.25) is 6.04 Å². The number of hydrogen-bond acceptors (Lipinski definition) is 5. The highest BCUT2D eigenvalue weighted by atomic mass is 28.4. The van der Waals surface area contributed by atoms with E-state index in [0.29, 0.717) is 19.8 Å². The van der Waals surface area contributed by atoms with E-state index in [0.717, 1.165) is 54.7 Å². The summed E-state index contributed by atoms with van der Waals surface area (Å²) in [6, 6.07) is 8.48. The summed E-state index contributed by atoms with van der Waals surface area (Å²) in [6.45, 7) is 8.73. The van der Waals surface area contributed by atoms with E-state index in [4.69, 9.17) is 23.1 Å². The molecule has 0 atom stereocenters. The molecule has 0 radical (unpaired) electrons. The summed E-state index contributed by atoms with van der Waals surface area (Å²) < 4.78 is 23.8. The lowest BCUT2D eigenvalue weighted by atomic mass is 9.79. The predicted molar refractivity (Wildman–Crippen MR) is 138 cm³/mol. The van der Waals surface area contributed by atoms with Crippen LogP contribution in [0, 0.1) is 11.8 Å². The number of carboxylic acid groups (broad SMARTS) is 1. The number of benzene rings is 1. The first kappa shape index (κ1) is 28.6. The lowest BCUT2D eigenvalue weighted by molar-refractivity contribution is -0.131. The Hall–Kier alpha value is -1.67. The van der Waals surface area contributed by atoms with Crippen LogP contribution in [0.3, 0.4) is 0 Å². The Morgan fingerprint density at radius 1 is 0.912 bits per heavy atom. The van der Waals surface area contributed by atoms with Crippen LogP contribution >= 0.6 is 0 Å². The lowest BCUT2D eigenvalue weighted by Gasteiger charge is -2.30. The molecule has 0 spiro atoms. The van der Waals surface area contributed by atoms with Gasteiger partial charge in [0.2, 0.25) is 0 Å². The van der Waals surface area contributed by atoms with Crippen molar-refractivity contribution in [3.05, 3.63) is 35.9 Å². The molecular formula is C27H44O6Si. The van der Waals surface area contributed by atoms with E-state index in [1.54, 1.807) is 6.08 Å². The van der Waals surface area contributed by atoms with Crippen molar-refractivity contribution < 1.29 is 27.9 Å². The molecule has 34 heavy (non-hydrogen) atoms. The van der Waals surface area contributed by atoms with Gasteiger partial charge in [-0.15, -0.1) is 0 Å².